The molecule has 3 rings (SSSR count). The summed E-state index contributed by atoms with van der Waals surface area (Å²) in [6.45, 7) is 1.37. The summed E-state index contributed by atoms with van der Waals surface area (Å²) >= 11 is 0. The molecule has 152 valence electrons. The number of alkyl halides is 3. The molecule has 1 atom stereocenters. The maximum Gasteiger partial charge on any atom is 0.401 e. The molecule has 1 aromatic heterocycles. The van der Waals surface area contributed by atoms with Crippen molar-refractivity contribution in [2.75, 3.05) is 25.0 Å². The molecule has 6 nitrogen and oxygen atoms in total. The first-order valence-corrected chi connectivity index (χ1v) is 8.96. The van der Waals surface area contributed by atoms with Gasteiger partial charge in [-0.1, -0.05) is 17.3 Å². The van der Waals surface area contributed by atoms with Crippen molar-refractivity contribution in [1.82, 2.24) is 19.9 Å². The quantitative estimate of drug-likeness (QED) is 0.786. The largest absolute Gasteiger partial charge is 0.401 e. The Morgan fingerprint density at radius 2 is 2.14 bits per heavy atom. The van der Waals surface area contributed by atoms with Crippen molar-refractivity contribution in [3.63, 3.8) is 0 Å². The zero-order valence-electron chi connectivity index (χ0n) is 15.3. The Morgan fingerprint density at radius 3 is 2.86 bits per heavy atom. The van der Waals surface area contributed by atoms with Gasteiger partial charge in [0.25, 0.3) is 0 Å². The zero-order chi connectivity index (χ0) is 20.3. The average molecular weight is 399 g/mol. The molecule has 0 bridgehead atoms. The molecular weight excluding hydrogens is 378 g/mol. The molecule has 0 saturated carbocycles. The summed E-state index contributed by atoms with van der Waals surface area (Å²) in [6, 6.07) is 6.07. The number of carbonyl (C=O) groups is 1. The first kappa shape index (κ1) is 20.2. The molecule has 1 N–H and O–H groups in total. The van der Waals surface area contributed by atoms with Crippen molar-refractivity contribution < 1.29 is 22.4 Å². The summed E-state index contributed by atoms with van der Waals surface area (Å²) in [7, 11) is 0. The van der Waals surface area contributed by atoms with E-state index in [0.29, 0.717) is 30.6 Å². The number of likely N-dealkylation sites (tertiary alicyclic amines) is 1. The minimum atomic E-state index is -4.28. The molecule has 1 aliphatic heterocycles. The van der Waals surface area contributed by atoms with Gasteiger partial charge in [0.15, 0.2) is 5.82 Å². The van der Waals surface area contributed by atoms with Crippen LogP contribution in [-0.4, -0.2) is 51.6 Å². The van der Waals surface area contributed by atoms with Crippen molar-refractivity contribution in [3.05, 3.63) is 41.3 Å². The second-order valence-corrected chi connectivity index (χ2v) is 6.99. The van der Waals surface area contributed by atoms with Gasteiger partial charge in [0.2, 0.25) is 5.91 Å². The van der Waals surface area contributed by atoms with Gasteiger partial charge in [0.05, 0.1) is 24.7 Å². The van der Waals surface area contributed by atoms with E-state index < -0.39 is 18.6 Å². The number of halogens is 4. The molecule has 28 heavy (non-hydrogen) atoms. The average Bonchev–Trinajstić information content (AvgIpc) is 2.94. The van der Waals surface area contributed by atoms with Crippen LogP contribution < -0.4 is 5.32 Å². The molecule has 0 spiro atoms. The lowest BCUT2D eigenvalue weighted by Gasteiger charge is -2.32. The number of piperidine rings is 1. The van der Waals surface area contributed by atoms with E-state index in [0.717, 1.165) is 0 Å². The summed E-state index contributed by atoms with van der Waals surface area (Å²) in [5.41, 5.74) is 1.28. The second-order valence-electron chi connectivity index (χ2n) is 6.99. The van der Waals surface area contributed by atoms with Crippen LogP contribution in [0.25, 0.3) is 0 Å². The second kappa shape index (κ2) is 8.26. The van der Waals surface area contributed by atoms with Crippen LogP contribution in [0.15, 0.2) is 24.3 Å². The maximum absolute atomic E-state index is 13.3. The van der Waals surface area contributed by atoms with E-state index in [1.54, 1.807) is 19.1 Å². The highest BCUT2D eigenvalue weighted by Gasteiger charge is 2.34. The van der Waals surface area contributed by atoms with Gasteiger partial charge in [-0.05, 0) is 44.0 Å². The predicted octanol–water partition coefficient (Wildman–Crippen LogP) is 2.99. The van der Waals surface area contributed by atoms with E-state index in [2.05, 4.69) is 15.6 Å². The third kappa shape index (κ3) is 5.28. The highest BCUT2D eigenvalue weighted by Crippen LogP contribution is 2.23. The number of anilines is 1. The molecule has 1 saturated heterocycles. The van der Waals surface area contributed by atoms with E-state index in [9.17, 15) is 22.4 Å². The molecule has 10 heteroatoms. The molecule has 1 fully saturated rings. The fraction of sp³-hybridized carbons (Fsp3) is 0.500. The van der Waals surface area contributed by atoms with Gasteiger partial charge in [0, 0.05) is 6.54 Å². The van der Waals surface area contributed by atoms with E-state index >= 15 is 0 Å². The summed E-state index contributed by atoms with van der Waals surface area (Å²) < 4.78 is 52.6. The van der Waals surface area contributed by atoms with E-state index in [-0.39, 0.29) is 30.6 Å². The topological polar surface area (TPSA) is 63.1 Å². The van der Waals surface area contributed by atoms with Crippen LogP contribution in [0.4, 0.5) is 23.4 Å². The number of benzene rings is 1. The molecular formula is C18H21F4N5O. The summed E-state index contributed by atoms with van der Waals surface area (Å²) in [5.74, 6) is -1.00. The molecule has 1 aromatic carbocycles. The van der Waals surface area contributed by atoms with Crippen molar-refractivity contribution in [1.29, 1.82) is 0 Å². The SMILES string of the molecule is Cc1c(NC(=O)C2CCCN(CC(F)(F)F)C2)nnn1Cc1cccc(F)c1. The standard InChI is InChI=1S/C18H21F4N5O/c1-12-16(24-25-27(12)9-13-4-2-6-15(19)8-13)23-17(28)14-5-3-7-26(10-14)11-18(20,21)22/h2,4,6,8,14H,3,5,7,9-11H2,1H3,(H,23,28). The zero-order valence-corrected chi connectivity index (χ0v) is 15.3. The lowest BCUT2D eigenvalue weighted by molar-refractivity contribution is -0.151. The van der Waals surface area contributed by atoms with E-state index in [1.165, 1.54) is 21.7 Å². The lowest BCUT2D eigenvalue weighted by atomic mass is 9.97. The van der Waals surface area contributed by atoms with Crippen LogP contribution in [0.3, 0.4) is 0 Å². The van der Waals surface area contributed by atoms with Crippen molar-refractivity contribution in [2.24, 2.45) is 5.92 Å². The number of hydrogen-bond acceptors (Lipinski definition) is 4. The van der Waals surface area contributed by atoms with Gasteiger partial charge in [-0.2, -0.15) is 13.2 Å². The third-order valence-electron chi connectivity index (χ3n) is 4.72. The van der Waals surface area contributed by atoms with Crippen molar-refractivity contribution in [3.8, 4) is 0 Å². The molecule has 2 heterocycles. The van der Waals surface area contributed by atoms with Crippen LogP contribution >= 0.6 is 0 Å². The Morgan fingerprint density at radius 1 is 1.36 bits per heavy atom. The van der Waals surface area contributed by atoms with Crippen LogP contribution in [0.2, 0.25) is 0 Å². The monoisotopic (exact) mass is 399 g/mol. The maximum atomic E-state index is 13.3. The molecule has 1 aliphatic rings. The number of rotatable bonds is 5. The number of nitrogens with one attached hydrogen (secondary N) is 1. The summed E-state index contributed by atoms with van der Waals surface area (Å²) in [5, 5.41) is 10.6. The predicted molar refractivity (Wildman–Crippen MR) is 94.1 cm³/mol. The van der Waals surface area contributed by atoms with Gasteiger partial charge in [-0.15, -0.1) is 5.10 Å². The van der Waals surface area contributed by atoms with Crippen LogP contribution in [0, 0.1) is 18.7 Å². The smallest absolute Gasteiger partial charge is 0.307 e. The first-order chi connectivity index (χ1) is 13.2. The van der Waals surface area contributed by atoms with E-state index in [4.69, 9.17) is 0 Å². The lowest BCUT2D eigenvalue weighted by Crippen LogP contribution is -2.44. The van der Waals surface area contributed by atoms with E-state index in [1.807, 2.05) is 0 Å². The molecule has 0 aliphatic carbocycles. The molecule has 0 radical (unpaired) electrons. The van der Waals surface area contributed by atoms with Gasteiger partial charge in [-0.3, -0.25) is 9.69 Å². The highest BCUT2D eigenvalue weighted by atomic mass is 19.4. The minimum absolute atomic E-state index is 0.0574. The van der Waals surface area contributed by atoms with Gasteiger partial charge < -0.3 is 5.32 Å². The van der Waals surface area contributed by atoms with Crippen molar-refractivity contribution >= 4 is 11.7 Å². The number of carbonyl (C=O) groups excluding carboxylic acids is 1. The Labute approximate surface area is 159 Å². The molecule has 1 unspecified atom stereocenters. The van der Waals surface area contributed by atoms with Gasteiger partial charge in [-0.25, -0.2) is 9.07 Å². The fourth-order valence-electron chi connectivity index (χ4n) is 3.32. The van der Waals surface area contributed by atoms with Gasteiger partial charge in [0.1, 0.15) is 5.82 Å². The normalized spacial score (nSPS) is 18.2. The molecule has 2 aromatic rings. The number of aromatic nitrogens is 3. The van der Waals surface area contributed by atoms with Crippen LogP contribution in [0.1, 0.15) is 24.1 Å². The third-order valence-corrected chi connectivity index (χ3v) is 4.72. The Hall–Kier alpha value is -2.49. The number of nitrogens with zero attached hydrogens (tertiary/aromatic N) is 4. The van der Waals surface area contributed by atoms with Crippen LogP contribution in [-0.2, 0) is 11.3 Å². The Bertz CT molecular complexity index is 836. The minimum Gasteiger partial charge on any atom is -0.307 e. The summed E-state index contributed by atoms with van der Waals surface area (Å²) in [6.07, 6.45) is -3.23. The first-order valence-electron chi connectivity index (χ1n) is 8.96. The van der Waals surface area contributed by atoms with Crippen LogP contribution in [0.5, 0.6) is 0 Å². The highest BCUT2D eigenvalue weighted by molar-refractivity contribution is 5.92. The number of hydrogen-bond donors (Lipinski definition) is 1. The summed E-state index contributed by atoms with van der Waals surface area (Å²) in [4.78, 5) is 13.7. The Kier molecular flexibility index (Phi) is 5.97. The number of amides is 1. The fourth-order valence-corrected chi connectivity index (χ4v) is 3.32. The molecule has 1 amide bonds. The van der Waals surface area contributed by atoms with Crippen molar-refractivity contribution in [2.45, 2.75) is 32.5 Å². The Balaban J connectivity index is 1.62. The van der Waals surface area contributed by atoms with Gasteiger partial charge >= 0.3 is 6.18 Å².